The van der Waals surface area contributed by atoms with Crippen molar-refractivity contribution in [1.29, 1.82) is 0 Å². The van der Waals surface area contributed by atoms with Crippen molar-refractivity contribution in [3.8, 4) is 0 Å². The lowest BCUT2D eigenvalue weighted by Gasteiger charge is -2.17. The fourth-order valence-corrected chi connectivity index (χ4v) is 1.55. The van der Waals surface area contributed by atoms with Gasteiger partial charge >= 0.3 is 5.97 Å². The summed E-state index contributed by atoms with van der Waals surface area (Å²) in [5, 5.41) is 3.06. The normalized spacial score (nSPS) is 12.2. The number of nitrogens with one attached hydrogen (secondary N) is 1. The third kappa shape index (κ3) is 4.03. The summed E-state index contributed by atoms with van der Waals surface area (Å²) in [6.07, 6.45) is 0.643. The number of aryl methyl sites for hydroxylation is 1. The van der Waals surface area contributed by atoms with E-state index in [0.29, 0.717) is 0 Å². The van der Waals surface area contributed by atoms with E-state index < -0.39 is 0 Å². The van der Waals surface area contributed by atoms with Crippen LogP contribution < -0.4 is 5.32 Å². The summed E-state index contributed by atoms with van der Waals surface area (Å²) in [7, 11) is 1.89. The molecule has 1 atom stereocenters. The molecule has 0 bridgehead atoms. The summed E-state index contributed by atoms with van der Waals surface area (Å²) in [4.78, 5) is 11.0. The first-order valence-electron chi connectivity index (χ1n) is 5.52. The Balaban J connectivity index is 2.74. The lowest BCUT2D eigenvalue weighted by molar-refractivity contribution is -0.147. The van der Waals surface area contributed by atoms with E-state index in [-0.39, 0.29) is 12.1 Å². The fraction of sp³-hybridized carbons (Fsp3) is 0.462. The van der Waals surface area contributed by atoms with Crippen molar-refractivity contribution in [3.63, 3.8) is 0 Å². The molecule has 3 heteroatoms. The molecule has 0 radical (unpaired) electrons. The van der Waals surface area contributed by atoms with Gasteiger partial charge in [0.2, 0.25) is 0 Å². The van der Waals surface area contributed by atoms with Crippen molar-refractivity contribution >= 4 is 5.97 Å². The molecule has 16 heavy (non-hydrogen) atoms. The summed E-state index contributed by atoms with van der Waals surface area (Å²) in [5.74, 6) is -0.235. The zero-order chi connectivity index (χ0) is 12.0. The maximum absolute atomic E-state index is 11.0. The van der Waals surface area contributed by atoms with Crippen LogP contribution in [0, 0.1) is 6.92 Å². The smallest absolute Gasteiger partial charge is 0.303 e. The van der Waals surface area contributed by atoms with E-state index in [2.05, 4.69) is 5.32 Å². The van der Waals surface area contributed by atoms with Gasteiger partial charge in [-0.2, -0.15) is 0 Å². The molecule has 1 rings (SSSR count). The van der Waals surface area contributed by atoms with Crippen LogP contribution in [0.3, 0.4) is 0 Å². The maximum Gasteiger partial charge on any atom is 0.303 e. The van der Waals surface area contributed by atoms with Crippen molar-refractivity contribution in [1.82, 2.24) is 5.32 Å². The number of carbonyl (C=O) groups is 1. The van der Waals surface area contributed by atoms with Gasteiger partial charge in [0.15, 0.2) is 0 Å². The molecule has 1 aromatic rings. The largest absolute Gasteiger partial charge is 0.458 e. The van der Waals surface area contributed by atoms with Gasteiger partial charge in [-0.15, -0.1) is 0 Å². The number of carbonyl (C=O) groups excluding carboxylic acids is 1. The summed E-state index contributed by atoms with van der Waals surface area (Å²) in [5.41, 5.74) is 2.26. The Morgan fingerprint density at radius 2 is 2.00 bits per heavy atom. The van der Waals surface area contributed by atoms with E-state index in [9.17, 15) is 4.79 Å². The Morgan fingerprint density at radius 3 is 2.50 bits per heavy atom. The molecule has 0 unspecified atom stereocenters. The number of rotatable bonds is 5. The van der Waals surface area contributed by atoms with Gasteiger partial charge in [0.05, 0.1) is 0 Å². The zero-order valence-electron chi connectivity index (χ0n) is 10.1. The predicted octanol–water partition coefficient (Wildman–Crippen LogP) is 2.21. The Morgan fingerprint density at radius 1 is 1.38 bits per heavy atom. The predicted molar refractivity (Wildman–Crippen MR) is 64.2 cm³/mol. The van der Waals surface area contributed by atoms with Crippen LogP contribution in [0.1, 0.15) is 30.6 Å². The van der Waals surface area contributed by atoms with E-state index in [1.54, 1.807) is 0 Å². The molecule has 1 N–H and O–H groups in total. The second-order valence-corrected chi connectivity index (χ2v) is 3.90. The van der Waals surface area contributed by atoms with Crippen molar-refractivity contribution in [2.75, 3.05) is 13.6 Å². The Kier molecular flexibility index (Phi) is 4.99. The number of ether oxygens (including phenoxy) is 1. The summed E-state index contributed by atoms with van der Waals surface area (Å²) in [6.45, 7) is 4.31. The van der Waals surface area contributed by atoms with Crippen LogP contribution >= 0.6 is 0 Å². The quantitative estimate of drug-likeness (QED) is 0.775. The lowest BCUT2D eigenvalue weighted by Crippen LogP contribution is -2.16. The molecular formula is C13H19NO2. The summed E-state index contributed by atoms with van der Waals surface area (Å²) >= 11 is 0. The topological polar surface area (TPSA) is 38.3 Å². The molecule has 0 aliphatic heterocycles. The van der Waals surface area contributed by atoms with Gasteiger partial charge in [0, 0.05) is 13.3 Å². The van der Waals surface area contributed by atoms with E-state index in [1.165, 1.54) is 12.5 Å². The van der Waals surface area contributed by atoms with E-state index in [0.717, 1.165) is 18.5 Å². The monoisotopic (exact) mass is 221 g/mol. The molecule has 0 heterocycles. The molecular weight excluding hydrogens is 202 g/mol. The highest BCUT2D eigenvalue weighted by atomic mass is 16.5. The molecule has 88 valence electrons. The second-order valence-electron chi connectivity index (χ2n) is 3.90. The highest BCUT2D eigenvalue weighted by Gasteiger charge is 2.13. The van der Waals surface area contributed by atoms with Crippen molar-refractivity contribution in [2.45, 2.75) is 26.4 Å². The Bertz CT molecular complexity index is 332. The van der Waals surface area contributed by atoms with Gasteiger partial charge in [-0.3, -0.25) is 4.79 Å². The summed E-state index contributed by atoms with van der Waals surface area (Å²) < 4.78 is 5.30. The first-order chi connectivity index (χ1) is 7.63. The molecule has 0 saturated heterocycles. The zero-order valence-corrected chi connectivity index (χ0v) is 10.1. The SMILES string of the molecule is CNCC[C@H](OC(C)=O)c1ccc(C)cc1. The van der Waals surface area contributed by atoms with Crippen LogP contribution in [-0.2, 0) is 9.53 Å². The van der Waals surface area contributed by atoms with Crippen LogP contribution in [0.25, 0.3) is 0 Å². The molecule has 0 amide bonds. The van der Waals surface area contributed by atoms with Gasteiger partial charge in [0.1, 0.15) is 6.10 Å². The molecule has 1 aromatic carbocycles. The van der Waals surface area contributed by atoms with E-state index >= 15 is 0 Å². The maximum atomic E-state index is 11.0. The molecule has 0 fully saturated rings. The third-order valence-electron chi connectivity index (χ3n) is 2.41. The van der Waals surface area contributed by atoms with Gasteiger partial charge in [0.25, 0.3) is 0 Å². The van der Waals surface area contributed by atoms with Crippen LogP contribution in [0.2, 0.25) is 0 Å². The second kappa shape index (κ2) is 6.28. The highest BCUT2D eigenvalue weighted by Crippen LogP contribution is 2.21. The molecule has 0 aliphatic rings. The minimum atomic E-state index is -0.235. The number of esters is 1. The van der Waals surface area contributed by atoms with Crippen molar-refractivity contribution in [3.05, 3.63) is 35.4 Å². The molecule has 0 saturated carbocycles. The van der Waals surface area contributed by atoms with Gasteiger partial charge in [-0.1, -0.05) is 29.8 Å². The third-order valence-corrected chi connectivity index (χ3v) is 2.41. The molecule has 0 aliphatic carbocycles. The number of hydrogen-bond acceptors (Lipinski definition) is 3. The van der Waals surface area contributed by atoms with Crippen LogP contribution in [0.4, 0.5) is 0 Å². The average molecular weight is 221 g/mol. The van der Waals surface area contributed by atoms with E-state index in [4.69, 9.17) is 4.74 Å². The number of hydrogen-bond donors (Lipinski definition) is 1. The van der Waals surface area contributed by atoms with E-state index in [1.807, 2.05) is 38.2 Å². The molecule has 3 nitrogen and oxygen atoms in total. The van der Waals surface area contributed by atoms with Crippen molar-refractivity contribution < 1.29 is 9.53 Å². The highest BCUT2D eigenvalue weighted by molar-refractivity contribution is 5.66. The average Bonchev–Trinajstić information content (AvgIpc) is 2.25. The standard InChI is InChI=1S/C13H19NO2/c1-10-4-6-12(7-5-10)13(8-9-14-3)16-11(2)15/h4-7,13-14H,8-9H2,1-3H3/t13-/m0/s1. The van der Waals surface area contributed by atoms with Gasteiger partial charge in [-0.05, 0) is 26.1 Å². The number of benzene rings is 1. The van der Waals surface area contributed by atoms with Gasteiger partial charge in [-0.25, -0.2) is 0 Å². The summed E-state index contributed by atoms with van der Waals surface area (Å²) in [6, 6.07) is 8.09. The fourth-order valence-electron chi connectivity index (χ4n) is 1.55. The van der Waals surface area contributed by atoms with Crippen LogP contribution in [0.5, 0.6) is 0 Å². The lowest BCUT2D eigenvalue weighted by atomic mass is 10.0. The van der Waals surface area contributed by atoms with Crippen LogP contribution in [0.15, 0.2) is 24.3 Å². The van der Waals surface area contributed by atoms with Gasteiger partial charge < -0.3 is 10.1 Å². The Hall–Kier alpha value is -1.35. The molecule has 0 aromatic heterocycles. The molecule has 0 spiro atoms. The van der Waals surface area contributed by atoms with Crippen molar-refractivity contribution in [2.24, 2.45) is 0 Å². The first kappa shape index (κ1) is 12.7. The minimum absolute atomic E-state index is 0.148. The van der Waals surface area contributed by atoms with Crippen LogP contribution in [-0.4, -0.2) is 19.6 Å². The minimum Gasteiger partial charge on any atom is -0.458 e. The Labute approximate surface area is 96.8 Å². The first-order valence-corrected chi connectivity index (χ1v) is 5.52.